The van der Waals surface area contributed by atoms with Crippen LogP contribution in [0.15, 0.2) is 0 Å². The second-order valence-corrected chi connectivity index (χ2v) is 5.14. The van der Waals surface area contributed by atoms with Crippen LogP contribution < -0.4 is 5.73 Å². The van der Waals surface area contributed by atoms with E-state index in [1.165, 1.54) is 0 Å². The van der Waals surface area contributed by atoms with Gasteiger partial charge in [0.15, 0.2) is 0 Å². The average Bonchev–Trinajstić information content (AvgIpc) is 2.37. The third kappa shape index (κ3) is 8.04. The molecule has 0 heterocycles. The van der Waals surface area contributed by atoms with E-state index in [2.05, 4.69) is 4.90 Å². The number of halogens is 3. The van der Waals surface area contributed by atoms with Gasteiger partial charge in [-0.3, -0.25) is 4.90 Å². The zero-order chi connectivity index (χ0) is 15.6. The van der Waals surface area contributed by atoms with Crippen LogP contribution in [0, 0.1) is 0 Å². The molecule has 0 aliphatic rings. The van der Waals surface area contributed by atoms with E-state index in [-0.39, 0.29) is 6.42 Å². The third-order valence-electron chi connectivity index (χ3n) is 3.51. The van der Waals surface area contributed by atoms with Crippen LogP contribution in [0.3, 0.4) is 0 Å². The highest BCUT2D eigenvalue weighted by Gasteiger charge is 2.33. The van der Waals surface area contributed by atoms with Crippen LogP contribution in [-0.2, 0) is 9.47 Å². The molecule has 0 saturated carbocycles. The van der Waals surface area contributed by atoms with Gasteiger partial charge in [-0.1, -0.05) is 0 Å². The lowest BCUT2D eigenvalue weighted by molar-refractivity contribution is -0.137. The van der Waals surface area contributed by atoms with Crippen LogP contribution in [0.25, 0.3) is 0 Å². The molecule has 0 bridgehead atoms. The predicted octanol–water partition coefficient (Wildman–Crippen LogP) is 2.03. The van der Waals surface area contributed by atoms with E-state index in [1.807, 2.05) is 6.92 Å². The van der Waals surface area contributed by atoms with E-state index < -0.39 is 18.1 Å². The highest BCUT2D eigenvalue weighted by Crippen LogP contribution is 2.27. The highest BCUT2D eigenvalue weighted by molar-refractivity contribution is 4.87. The van der Waals surface area contributed by atoms with Crippen LogP contribution in [0.5, 0.6) is 0 Å². The molecule has 1 atom stereocenters. The molecule has 0 aromatic rings. The summed E-state index contributed by atoms with van der Waals surface area (Å²) in [6, 6.07) is 0. The molecule has 0 saturated heterocycles. The molecule has 1 unspecified atom stereocenters. The van der Waals surface area contributed by atoms with Gasteiger partial charge in [0.25, 0.3) is 0 Å². The minimum atomic E-state index is -4.11. The van der Waals surface area contributed by atoms with Crippen molar-refractivity contribution in [3.8, 4) is 0 Å². The topological polar surface area (TPSA) is 47.7 Å². The lowest BCUT2D eigenvalue weighted by atomic mass is 9.92. The van der Waals surface area contributed by atoms with Crippen molar-refractivity contribution in [1.82, 2.24) is 4.90 Å². The molecule has 0 fully saturated rings. The van der Waals surface area contributed by atoms with Crippen LogP contribution in [-0.4, -0.2) is 63.7 Å². The van der Waals surface area contributed by atoms with Crippen LogP contribution in [0.1, 0.15) is 26.2 Å². The van der Waals surface area contributed by atoms with Gasteiger partial charge >= 0.3 is 6.18 Å². The van der Waals surface area contributed by atoms with Gasteiger partial charge in [0, 0.05) is 45.8 Å². The summed E-state index contributed by atoms with van der Waals surface area (Å²) < 4.78 is 46.9. The number of alkyl halides is 3. The molecule has 0 aromatic carbocycles. The van der Waals surface area contributed by atoms with Crippen LogP contribution in [0.2, 0.25) is 0 Å². The second kappa shape index (κ2) is 9.55. The molecular formula is C13H27F3N2O2. The smallest absolute Gasteiger partial charge is 0.383 e. The molecule has 0 aliphatic carbocycles. The number of hydrogen-bond acceptors (Lipinski definition) is 4. The summed E-state index contributed by atoms with van der Waals surface area (Å²) in [6.07, 6.45) is -4.41. The summed E-state index contributed by atoms with van der Waals surface area (Å²) in [5.41, 5.74) is 5.33. The monoisotopic (exact) mass is 300 g/mol. The van der Waals surface area contributed by atoms with Gasteiger partial charge in [-0.15, -0.1) is 0 Å². The molecule has 20 heavy (non-hydrogen) atoms. The van der Waals surface area contributed by atoms with Crippen LogP contribution in [0.4, 0.5) is 13.2 Å². The Morgan fingerprint density at radius 3 is 1.85 bits per heavy atom. The zero-order valence-electron chi connectivity index (χ0n) is 12.6. The van der Waals surface area contributed by atoms with Crippen molar-refractivity contribution < 1.29 is 22.6 Å². The molecule has 0 radical (unpaired) electrons. The fourth-order valence-electron chi connectivity index (χ4n) is 2.11. The number of nitrogens with two attached hydrogens (primary N) is 1. The van der Waals surface area contributed by atoms with Crippen molar-refractivity contribution in [3.63, 3.8) is 0 Å². The van der Waals surface area contributed by atoms with Gasteiger partial charge < -0.3 is 15.2 Å². The molecule has 0 aromatic heterocycles. The molecule has 7 heteroatoms. The maximum Gasteiger partial charge on any atom is 0.389 e. The average molecular weight is 300 g/mol. The van der Waals surface area contributed by atoms with Crippen molar-refractivity contribution >= 4 is 0 Å². The van der Waals surface area contributed by atoms with Gasteiger partial charge in [0.1, 0.15) is 0 Å². The number of methoxy groups -OCH3 is 2. The fourth-order valence-corrected chi connectivity index (χ4v) is 2.11. The number of hydrogen-bond donors (Lipinski definition) is 1. The lowest BCUT2D eigenvalue weighted by Crippen LogP contribution is -2.53. The summed E-state index contributed by atoms with van der Waals surface area (Å²) in [6.45, 7) is 4.48. The second-order valence-electron chi connectivity index (χ2n) is 5.14. The van der Waals surface area contributed by atoms with E-state index in [1.54, 1.807) is 14.2 Å². The standard InChI is InChI=1S/C13H27F3N2O2/c1-12(11-17,5-4-6-13(14,15)16)18(7-9-19-2)8-10-20-3/h4-11,17H2,1-3H3. The first-order chi connectivity index (χ1) is 9.29. The van der Waals surface area contributed by atoms with E-state index in [0.717, 1.165) is 0 Å². The van der Waals surface area contributed by atoms with Gasteiger partial charge in [-0.05, 0) is 19.8 Å². The normalized spacial score (nSPS) is 15.6. The Kier molecular flexibility index (Phi) is 9.37. The largest absolute Gasteiger partial charge is 0.389 e. The zero-order valence-corrected chi connectivity index (χ0v) is 12.6. The minimum absolute atomic E-state index is 0.0770. The quantitative estimate of drug-likeness (QED) is 0.634. The van der Waals surface area contributed by atoms with E-state index in [0.29, 0.717) is 39.3 Å². The SMILES string of the molecule is COCCN(CCOC)C(C)(CN)CCCC(F)(F)F. The minimum Gasteiger partial charge on any atom is -0.383 e. The molecule has 2 N–H and O–H groups in total. The summed E-state index contributed by atoms with van der Waals surface area (Å²) in [4.78, 5) is 2.05. The number of rotatable bonds is 11. The predicted molar refractivity (Wildman–Crippen MR) is 72.7 cm³/mol. The Morgan fingerprint density at radius 2 is 1.50 bits per heavy atom. The van der Waals surface area contributed by atoms with Crippen molar-refractivity contribution in [2.24, 2.45) is 5.73 Å². The molecule has 0 aliphatic heterocycles. The van der Waals surface area contributed by atoms with Crippen LogP contribution >= 0.6 is 0 Å². The highest BCUT2D eigenvalue weighted by atomic mass is 19.4. The van der Waals surface area contributed by atoms with Gasteiger partial charge in [-0.25, -0.2) is 0 Å². The van der Waals surface area contributed by atoms with Gasteiger partial charge in [0.05, 0.1) is 13.2 Å². The molecule has 0 rings (SSSR count). The molecular weight excluding hydrogens is 273 g/mol. The maximum atomic E-state index is 12.3. The van der Waals surface area contributed by atoms with E-state index >= 15 is 0 Å². The summed E-state index contributed by atoms with van der Waals surface area (Å²) in [7, 11) is 3.19. The van der Waals surface area contributed by atoms with Crippen molar-refractivity contribution in [3.05, 3.63) is 0 Å². The lowest BCUT2D eigenvalue weighted by Gasteiger charge is -2.41. The van der Waals surface area contributed by atoms with Gasteiger partial charge in [-0.2, -0.15) is 13.2 Å². The number of nitrogens with zero attached hydrogens (tertiary/aromatic N) is 1. The van der Waals surface area contributed by atoms with Crippen molar-refractivity contribution in [2.45, 2.75) is 37.9 Å². The number of ether oxygens (including phenoxy) is 2. The molecule has 0 spiro atoms. The molecule has 0 amide bonds. The fraction of sp³-hybridized carbons (Fsp3) is 1.00. The Hall–Kier alpha value is -0.370. The van der Waals surface area contributed by atoms with Crippen molar-refractivity contribution in [1.29, 1.82) is 0 Å². The summed E-state index contributed by atoms with van der Waals surface area (Å²) >= 11 is 0. The molecule has 122 valence electrons. The Labute approximate surface area is 119 Å². The first-order valence-corrected chi connectivity index (χ1v) is 6.79. The van der Waals surface area contributed by atoms with Crippen molar-refractivity contribution in [2.75, 3.05) is 47.1 Å². The van der Waals surface area contributed by atoms with E-state index in [9.17, 15) is 13.2 Å². The summed E-state index contributed by atoms with van der Waals surface area (Å²) in [5, 5.41) is 0. The third-order valence-corrected chi connectivity index (χ3v) is 3.51. The maximum absolute atomic E-state index is 12.3. The Balaban J connectivity index is 4.55. The summed E-state index contributed by atoms with van der Waals surface area (Å²) in [5.74, 6) is 0. The first-order valence-electron chi connectivity index (χ1n) is 6.79. The first kappa shape index (κ1) is 19.6. The van der Waals surface area contributed by atoms with E-state index in [4.69, 9.17) is 15.2 Å². The molecule has 4 nitrogen and oxygen atoms in total. The Morgan fingerprint density at radius 1 is 1.00 bits per heavy atom. The van der Waals surface area contributed by atoms with Gasteiger partial charge in [0.2, 0.25) is 0 Å². The Bertz CT molecular complexity index is 244.